The Kier molecular flexibility index (Phi) is 2.28. The molecule has 0 N–H and O–H groups in total. The zero-order valence-electron chi connectivity index (χ0n) is 9.75. The smallest absolute Gasteiger partial charge is 0.410 e. The summed E-state index contributed by atoms with van der Waals surface area (Å²) in [5.74, 6) is 0. The molecule has 1 atom stereocenters. The molecule has 0 saturated carbocycles. The van der Waals surface area contributed by atoms with E-state index in [1.807, 2.05) is 25.7 Å². The summed E-state index contributed by atoms with van der Waals surface area (Å²) in [7, 11) is 0. The van der Waals surface area contributed by atoms with Gasteiger partial charge in [0.15, 0.2) is 0 Å². The number of hydrogen-bond acceptors (Lipinski definition) is 2. The molecule has 1 amide bonds. The van der Waals surface area contributed by atoms with Gasteiger partial charge in [0.2, 0.25) is 0 Å². The average Bonchev–Trinajstić information content (AvgIpc) is 2.43. The number of carbonyl (C=O) groups is 1. The molecule has 1 saturated heterocycles. The molecule has 15 heavy (non-hydrogen) atoms. The Labute approximate surface area is 91.1 Å². The fourth-order valence-electron chi connectivity index (χ4n) is 2.13. The van der Waals surface area contributed by atoms with Gasteiger partial charge in [-0.05, 0) is 33.6 Å². The lowest BCUT2D eigenvalue weighted by Crippen LogP contribution is -2.37. The molecule has 2 rings (SSSR count). The molecule has 0 aromatic carbocycles. The normalized spacial score (nSPS) is 29.4. The van der Waals surface area contributed by atoms with Crippen molar-refractivity contribution in [1.82, 2.24) is 4.90 Å². The van der Waals surface area contributed by atoms with Gasteiger partial charge in [-0.25, -0.2) is 4.79 Å². The Hall–Kier alpha value is -0.990. The first-order valence-electron chi connectivity index (χ1n) is 5.56. The highest BCUT2D eigenvalue weighted by Crippen LogP contribution is 2.42. The van der Waals surface area contributed by atoms with E-state index in [0.717, 1.165) is 25.9 Å². The fraction of sp³-hybridized carbons (Fsp3) is 0.750. The van der Waals surface area contributed by atoms with E-state index < -0.39 is 0 Å². The van der Waals surface area contributed by atoms with Crippen LogP contribution in [-0.4, -0.2) is 29.7 Å². The van der Waals surface area contributed by atoms with Gasteiger partial charge in [0.1, 0.15) is 5.60 Å². The Morgan fingerprint density at radius 2 is 2.13 bits per heavy atom. The van der Waals surface area contributed by atoms with Crippen molar-refractivity contribution in [3.63, 3.8) is 0 Å². The van der Waals surface area contributed by atoms with Crippen LogP contribution in [0.5, 0.6) is 0 Å². The van der Waals surface area contributed by atoms with Gasteiger partial charge in [-0.2, -0.15) is 0 Å². The van der Waals surface area contributed by atoms with E-state index in [0.29, 0.717) is 0 Å². The molecule has 2 aliphatic rings. The summed E-state index contributed by atoms with van der Waals surface area (Å²) in [6.07, 6.45) is 6.45. The summed E-state index contributed by atoms with van der Waals surface area (Å²) in [5, 5.41) is 0. The van der Waals surface area contributed by atoms with E-state index >= 15 is 0 Å². The minimum atomic E-state index is -0.387. The quantitative estimate of drug-likeness (QED) is 0.574. The maximum Gasteiger partial charge on any atom is 0.410 e. The Bertz CT molecular complexity index is 303. The maximum atomic E-state index is 11.8. The monoisotopic (exact) mass is 209 g/mol. The van der Waals surface area contributed by atoms with E-state index in [4.69, 9.17) is 4.74 Å². The van der Waals surface area contributed by atoms with Gasteiger partial charge in [0, 0.05) is 18.5 Å². The predicted octanol–water partition coefficient (Wildman–Crippen LogP) is 2.57. The lowest BCUT2D eigenvalue weighted by molar-refractivity contribution is 0.0278. The number of allylic oxidation sites excluding steroid dienone is 1. The Balaban J connectivity index is 1.91. The van der Waals surface area contributed by atoms with Crippen molar-refractivity contribution in [3.8, 4) is 0 Å². The van der Waals surface area contributed by atoms with Crippen molar-refractivity contribution in [3.05, 3.63) is 12.2 Å². The topological polar surface area (TPSA) is 29.5 Å². The van der Waals surface area contributed by atoms with Crippen LogP contribution in [-0.2, 0) is 4.74 Å². The molecule has 0 aromatic heterocycles. The molecule has 0 radical (unpaired) electrons. The van der Waals surface area contributed by atoms with Gasteiger partial charge in [0.25, 0.3) is 0 Å². The fourth-order valence-corrected chi connectivity index (χ4v) is 2.13. The molecule has 1 aliphatic heterocycles. The molecule has 0 bridgehead atoms. The third-order valence-electron chi connectivity index (χ3n) is 3.03. The van der Waals surface area contributed by atoms with Gasteiger partial charge in [-0.3, -0.25) is 0 Å². The van der Waals surface area contributed by atoms with Gasteiger partial charge in [-0.15, -0.1) is 0 Å². The van der Waals surface area contributed by atoms with Crippen LogP contribution in [0, 0.1) is 5.41 Å². The summed E-state index contributed by atoms with van der Waals surface area (Å²) in [6, 6.07) is 0. The molecule has 3 nitrogen and oxygen atoms in total. The molecular weight excluding hydrogens is 190 g/mol. The lowest BCUT2D eigenvalue weighted by Gasteiger charge is -2.31. The van der Waals surface area contributed by atoms with Crippen molar-refractivity contribution in [1.29, 1.82) is 0 Å². The standard InChI is InChI=1S/C12H19NO2/c1-11(2,3)15-10(14)13-8-7-12(9-13)5-4-6-12/h4-5H,6-9H2,1-3H3/t12-/m1/s1. The number of nitrogens with zero attached hydrogens (tertiary/aromatic N) is 1. The summed E-state index contributed by atoms with van der Waals surface area (Å²) < 4.78 is 5.35. The molecule has 1 spiro atoms. The second-order valence-corrected chi connectivity index (χ2v) is 5.62. The van der Waals surface area contributed by atoms with Crippen LogP contribution in [0.3, 0.4) is 0 Å². The predicted molar refractivity (Wildman–Crippen MR) is 58.6 cm³/mol. The number of amides is 1. The minimum Gasteiger partial charge on any atom is -0.444 e. The van der Waals surface area contributed by atoms with Gasteiger partial charge >= 0.3 is 6.09 Å². The van der Waals surface area contributed by atoms with Crippen LogP contribution in [0.1, 0.15) is 33.6 Å². The van der Waals surface area contributed by atoms with E-state index in [-0.39, 0.29) is 17.1 Å². The van der Waals surface area contributed by atoms with Crippen molar-refractivity contribution < 1.29 is 9.53 Å². The molecule has 3 heteroatoms. The van der Waals surface area contributed by atoms with Gasteiger partial charge in [-0.1, -0.05) is 12.2 Å². The maximum absolute atomic E-state index is 11.8. The number of rotatable bonds is 0. The first-order valence-corrected chi connectivity index (χ1v) is 5.56. The number of ether oxygens (including phenoxy) is 1. The highest BCUT2D eigenvalue weighted by atomic mass is 16.6. The molecule has 0 unspecified atom stereocenters. The first kappa shape index (κ1) is 10.5. The van der Waals surface area contributed by atoms with Crippen LogP contribution in [0.15, 0.2) is 12.2 Å². The summed E-state index contributed by atoms with van der Waals surface area (Å²) in [6.45, 7) is 7.37. The molecule has 1 heterocycles. The highest BCUT2D eigenvalue weighted by molar-refractivity contribution is 5.68. The number of hydrogen-bond donors (Lipinski definition) is 0. The van der Waals surface area contributed by atoms with Crippen LogP contribution >= 0.6 is 0 Å². The minimum absolute atomic E-state index is 0.167. The highest BCUT2D eigenvalue weighted by Gasteiger charge is 2.41. The summed E-state index contributed by atoms with van der Waals surface area (Å²) in [5.41, 5.74) is -0.0980. The van der Waals surface area contributed by atoms with Crippen LogP contribution in [0.4, 0.5) is 4.79 Å². The third kappa shape index (κ3) is 2.16. The van der Waals surface area contributed by atoms with Crippen molar-refractivity contribution in [2.24, 2.45) is 5.41 Å². The van der Waals surface area contributed by atoms with Gasteiger partial charge < -0.3 is 9.64 Å². The van der Waals surface area contributed by atoms with E-state index in [2.05, 4.69) is 12.2 Å². The first-order chi connectivity index (χ1) is 6.90. The number of carbonyl (C=O) groups excluding carboxylic acids is 1. The van der Waals surface area contributed by atoms with Crippen molar-refractivity contribution >= 4 is 6.09 Å². The van der Waals surface area contributed by atoms with Crippen LogP contribution in [0.2, 0.25) is 0 Å². The lowest BCUT2D eigenvalue weighted by atomic mass is 9.76. The number of likely N-dealkylation sites (tertiary alicyclic amines) is 1. The van der Waals surface area contributed by atoms with Crippen molar-refractivity contribution in [2.75, 3.05) is 13.1 Å². The summed E-state index contributed by atoms with van der Waals surface area (Å²) >= 11 is 0. The zero-order chi connectivity index (χ0) is 11.1. The van der Waals surface area contributed by atoms with Crippen LogP contribution in [0.25, 0.3) is 0 Å². The molecule has 1 aliphatic carbocycles. The SMILES string of the molecule is CC(C)(C)OC(=O)N1CC[C@]2(C=CC2)C1. The van der Waals surface area contributed by atoms with Crippen LogP contribution < -0.4 is 0 Å². The second kappa shape index (κ2) is 3.26. The summed E-state index contributed by atoms with van der Waals surface area (Å²) in [4.78, 5) is 13.6. The third-order valence-corrected chi connectivity index (χ3v) is 3.03. The average molecular weight is 209 g/mol. The Morgan fingerprint density at radius 1 is 1.47 bits per heavy atom. The Morgan fingerprint density at radius 3 is 2.53 bits per heavy atom. The molecule has 1 fully saturated rings. The molecule has 84 valence electrons. The second-order valence-electron chi connectivity index (χ2n) is 5.62. The largest absolute Gasteiger partial charge is 0.444 e. The van der Waals surface area contributed by atoms with Gasteiger partial charge in [0.05, 0.1) is 0 Å². The molecular formula is C12H19NO2. The van der Waals surface area contributed by atoms with E-state index in [1.165, 1.54) is 0 Å². The zero-order valence-corrected chi connectivity index (χ0v) is 9.75. The van der Waals surface area contributed by atoms with E-state index in [9.17, 15) is 4.79 Å². The van der Waals surface area contributed by atoms with Crippen molar-refractivity contribution in [2.45, 2.75) is 39.2 Å². The van der Waals surface area contributed by atoms with E-state index in [1.54, 1.807) is 0 Å². The molecule has 0 aromatic rings.